The number of benzene rings is 3. The fourth-order valence-electron chi connectivity index (χ4n) is 3.83. The van der Waals surface area contributed by atoms with Crippen molar-refractivity contribution in [2.45, 2.75) is 29.7 Å². The molecule has 1 heterocycles. The molecule has 4 rings (SSSR count). The Morgan fingerprint density at radius 1 is 1.00 bits per heavy atom. The molecule has 176 valence electrons. The van der Waals surface area contributed by atoms with Gasteiger partial charge in [0.15, 0.2) is 0 Å². The molecule has 0 fully saturated rings. The molecule has 0 bridgehead atoms. The summed E-state index contributed by atoms with van der Waals surface area (Å²) in [4.78, 5) is 14.5. The molecule has 9 heteroatoms. The predicted molar refractivity (Wildman–Crippen MR) is 127 cm³/mol. The van der Waals surface area contributed by atoms with E-state index in [1.807, 2.05) is 0 Å². The van der Waals surface area contributed by atoms with Gasteiger partial charge in [0.05, 0.1) is 16.9 Å². The normalized spacial score (nSPS) is 12.5. The van der Waals surface area contributed by atoms with Crippen LogP contribution in [0.3, 0.4) is 0 Å². The van der Waals surface area contributed by atoms with Gasteiger partial charge in [-0.2, -0.15) is 0 Å². The van der Waals surface area contributed by atoms with Crippen LogP contribution in [0.5, 0.6) is 17.2 Å². The SMILES string of the molecule is COc1ccc(S(=O)(=O)c2c[nH]c3ccc(Oc4c(C)cc([C@@H](N)C(=O)O)cc4C)cc23)cc1. The molecule has 0 saturated carbocycles. The summed E-state index contributed by atoms with van der Waals surface area (Å²) in [6.07, 6.45) is 1.46. The van der Waals surface area contributed by atoms with E-state index in [0.717, 1.165) is 0 Å². The third kappa shape index (κ3) is 4.23. The Labute approximate surface area is 196 Å². The van der Waals surface area contributed by atoms with Crippen molar-refractivity contribution < 1.29 is 27.8 Å². The van der Waals surface area contributed by atoms with Crippen LogP contribution in [0.4, 0.5) is 0 Å². The fraction of sp³-hybridized carbons (Fsp3) is 0.160. The number of carboxylic acid groups (broad SMARTS) is 1. The first-order valence-electron chi connectivity index (χ1n) is 10.4. The lowest BCUT2D eigenvalue weighted by Gasteiger charge is -2.16. The van der Waals surface area contributed by atoms with Crippen LogP contribution in [0, 0.1) is 13.8 Å². The summed E-state index contributed by atoms with van der Waals surface area (Å²) in [5.74, 6) is 0.446. The maximum atomic E-state index is 13.3. The number of aryl methyl sites for hydroxylation is 2. The predicted octanol–water partition coefficient (Wildman–Crippen LogP) is 4.50. The quantitative estimate of drug-likeness (QED) is 0.355. The lowest BCUT2D eigenvalue weighted by molar-refractivity contribution is -0.138. The molecule has 1 aromatic heterocycles. The molecule has 1 atom stereocenters. The molecular weight excluding hydrogens is 456 g/mol. The third-order valence-electron chi connectivity index (χ3n) is 5.60. The maximum absolute atomic E-state index is 13.3. The van der Waals surface area contributed by atoms with E-state index in [1.54, 1.807) is 56.3 Å². The van der Waals surface area contributed by atoms with Crippen LogP contribution in [0.25, 0.3) is 10.9 Å². The molecule has 0 unspecified atom stereocenters. The number of hydrogen-bond acceptors (Lipinski definition) is 6. The van der Waals surface area contributed by atoms with Crippen LogP contribution in [0.15, 0.2) is 70.6 Å². The Morgan fingerprint density at radius 2 is 1.62 bits per heavy atom. The summed E-state index contributed by atoms with van der Waals surface area (Å²) in [6, 6.07) is 13.6. The van der Waals surface area contributed by atoms with Gasteiger partial charge in [0.2, 0.25) is 9.84 Å². The number of sulfone groups is 1. The Morgan fingerprint density at radius 3 is 2.21 bits per heavy atom. The second-order valence-electron chi connectivity index (χ2n) is 7.94. The van der Waals surface area contributed by atoms with Gasteiger partial charge in [-0.05, 0) is 73.0 Å². The molecule has 0 amide bonds. The van der Waals surface area contributed by atoms with E-state index in [0.29, 0.717) is 44.8 Å². The monoisotopic (exact) mass is 480 g/mol. The lowest BCUT2D eigenvalue weighted by atomic mass is 10.0. The van der Waals surface area contributed by atoms with Crippen molar-refractivity contribution in [1.82, 2.24) is 4.98 Å². The number of carboxylic acids is 1. The second kappa shape index (κ2) is 8.85. The lowest BCUT2D eigenvalue weighted by Crippen LogP contribution is -2.20. The van der Waals surface area contributed by atoms with Gasteiger partial charge >= 0.3 is 5.97 Å². The van der Waals surface area contributed by atoms with Crippen molar-refractivity contribution in [2.75, 3.05) is 7.11 Å². The summed E-state index contributed by atoms with van der Waals surface area (Å²) in [6.45, 7) is 3.60. The van der Waals surface area contributed by atoms with Gasteiger partial charge in [-0.15, -0.1) is 0 Å². The molecule has 0 saturated heterocycles. The Bertz CT molecular complexity index is 1470. The Balaban J connectivity index is 1.71. The van der Waals surface area contributed by atoms with Gasteiger partial charge in [-0.25, -0.2) is 8.42 Å². The minimum atomic E-state index is -3.79. The molecule has 3 aromatic carbocycles. The zero-order valence-corrected chi connectivity index (χ0v) is 19.6. The first-order chi connectivity index (χ1) is 16.1. The average Bonchev–Trinajstić information content (AvgIpc) is 3.25. The topological polar surface area (TPSA) is 132 Å². The van der Waals surface area contributed by atoms with Gasteiger partial charge in [0, 0.05) is 17.1 Å². The van der Waals surface area contributed by atoms with E-state index in [4.69, 9.17) is 15.2 Å². The van der Waals surface area contributed by atoms with Crippen molar-refractivity contribution in [2.24, 2.45) is 5.73 Å². The smallest absolute Gasteiger partial charge is 0.325 e. The molecule has 8 nitrogen and oxygen atoms in total. The number of nitrogens with one attached hydrogen (secondary N) is 1. The van der Waals surface area contributed by atoms with Crippen molar-refractivity contribution in [3.63, 3.8) is 0 Å². The number of carbonyl (C=O) groups is 1. The Hall–Kier alpha value is -3.82. The average molecular weight is 481 g/mol. The zero-order valence-electron chi connectivity index (χ0n) is 18.8. The van der Waals surface area contributed by atoms with Crippen LogP contribution in [0.1, 0.15) is 22.7 Å². The number of nitrogens with two attached hydrogens (primary N) is 1. The van der Waals surface area contributed by atoms with Gasteiger partial charge in [0.25, 0.3) is 0 Å². The van der Waals surface area contributed by atoms with E-state index in [9.17, 15) is 18.3 Å². The van der Waals surface area contributed by atoms with Crippen LogP contribution in [0.2, 0.25) is 0 Å². The first kappa shape index (κ1) is 23.3. The van der Waals surface area contributed by atoms with Crippen LogP contribution >= 0.6 is 0 Å². The molecule has 4 N–H and O–H groups in total. The van der Waals surface area contributed by atoms with Crippen molar-refractivity contribution in [3.8, 4) is 17.2 Å². The fourth-order valence-corrected chi connectivity index (χ4v) is 5.25. The number of aliphatic carboxylic acids is 1. The second-order valence-corrected chi connectivity index (χ2v) is 9.86. The van der Waals surface area contributed by atoms with E-state index in [2.05, 4.69) is 4.98 Å². The standard InChI is InChI=1S/C25H24N2O6S/c1-14-10-16(23(26)25(28)29)11-15(2)24(14)33-18-6-9-21-20(12-18)22(13-27-21)34(30,31)19-7-4-17(32-3)5-8-19/h4-13,23,27H,26H2,1-3H3,(H,28,29)/t23-/m1/s1. The molecule has 4 aromatic rings. The maximum Gasteiger partial charge on any atom is 0.325 e. The summed E-state index contributed by atoms with van der Waals surface area (Å²) in [7, 11) is -2.27. The third-order valence-corrected chi connectivity index (χ3v) is 7.41. The van der Waals surface area contributed by atoms with Crippen LogP contribution in [-0.2, 0) is 14.6 Å². The highest BCUT2D eigenvalue weighted by atomic mass is 32.2. The summed E-state index contributed by atoms with van der Waals surface area (Å²) in [5.41, 5.74) is 8.30. The highest BCUT2D eigenvalue weighted by Gasteiger charge is 2.23. The summed E-state index contributed by atoms with van der Waals surface area (Å²) < 4.78 is 37.8. The minimum absolute atomic E-state index is 0.134. The van der Waals surface area contributed by atoms with Crippen LogP contribution in [-0.4, -0.2) is 31.6 Å². The van der Waals surface area contributed by atoms with Crippen molar-refractivity contribution in [3.05, 3.63) is 77.5 Å². The number of aromatic nitrogens is 1. The summed E-state index contributed by atoms with van der Waals surface area (Å²) in [5, 5.41) is 9.68. The van der Waals surface area contributed by atoms with E-state index >= 15 is 0 Å². The van der Waals surface area contributed by atoms with E-state index in [1.165, 1.54) is 25.4 Å². The minimum Gasteiger partial charge on any atom is -0.497 e. The molecule has 0 radical (unpaired) electrons. The number of rotatable bonds is 7. The number of hydrogen-bond donors (Lipinski definition) is 3. The van der Waals surface area contributed by atoms with Gasteiger partial charge in [0.1, 0.15) is 23.3 Å². The van der Waals surface area contributed by atoms with Crippen molar-refractivity contribution in [1.29, 1.82) is 0 Å². The molecule has 0 aliphatic heterocycles. The highest BCUT2D eigenvalue weighted by molar-refractivity contribution is 7.91. The van der Waals surface area contributed by atoms with Gasteiger partial charge < -0.3 is 25.3 Å². The molecule has 0 spiro atoms. The zero-order chi connectivity index (χ0) is 24.6. The highest BCUT2D eigenvalue weighted by Crippen LogP contribution is 2.35. The first-order valence-corrected chi connectivity index (χ1v) is 11.9. The molecule has 0 aliphatic carbocycles. The number of ether oxygens (including phenoxy) is 2. The molecular formula is C25H24N2O6S. The van der Waals surface area contributed by atoms with Crippen molar-refractivity contribution >= 4 is 26.7 Å². The van der Waals surface area contributed by atoms with E-state index in [-0.39, 0.29) is 9.79 Å². The molecule has 0 aliphatic rings. The number of H-pyrrole nitrogens is 1. The number of aromatic amines is 1. The van der Waals surface area contributed by atoms with E-state index < -0.39 is 21.8 Å². The molecule has 34 heavy (non-hydrogen) atoms. The van der Waals surface area contributed by atoms with Gasteiger partial charge in [-0.1, -0.05) is 12.1 Å². The van der Waals surface area contributed by atoms with Crippen LogP contribution < -0.4 is 15.2 Å². The number of methoxy groups -OCH3 is 1. The van der Waals surface area contributed by atoms with Gasteiger partial charge in [-0.3, -0.25) is 4.79 Å². The number of fused-ring (bicyclic) bond motifs is 1. The Kier molecular flexibility index (Phi) is 6.07. The summed E-state index contributed by atoms with van der Waals surface area (Å²) >= 11 is 0. The largest absolute Gasteiger partial charge is 0.497 e.